The van der Waals surface area contributed by atoms with Gasteiger partial charge >= 0.3 is 0 Å². The number of hydrogen-bond donors (Lipinski definition) is 2. The van der Waals surface area contributed by atoms with Crippen LogP contribution in [-0.4, -0.2) is 16.0 Å². The van der Waals surface area contributed by atoms with Crippen LogP contribution in [0.2, 0.25) is 0 Å². The van der Waals surface area contributed by atoms with Crippen LogP contribution in [0.4, 0.5) is 22.9 Å². The van der Waals surface area contributed by atoms with E-state index < -0.39 is 0 Å². The second-order valence-electron chi connectivity index (χ2n) is 6.28. The molecule has 2 N–H and O–H groups in total. The molecule has 0 saturated heterocycles. The summed E-state index contributed by atoms with van der Waals surface area (Å²) in [6, 6.07) is 4.64. The Labute approximate surface area is 136 Å². The fourth-order valence-corrected chi connectivity index (χ4v) is 3.48. The first kappa shape index (κ1) is 14.1. The van der Waals surface area contributed by atoms with Crippen molar-refractivity contribution in [2.24, 2.45) is 0 Å². The van der Waals surface area contributed by atoms with Gasteiger partial charge in [-0.1, -0.05) is 19.4 Å². The van der Waals surface area contributed by atoms with Gasteiger partial charge in [-0.25, -0.2) is 4.98 Å². The van der Waals surface area contributed by atoms with E-state index in [0.29, 0.717) is 6.04 Å². The van der Waals surface area contributed by atoms with Gasteiger partial charge in [-0.15, -0.1) is 0 Å². The van der Waals surface area contributed by atoms with Crippen LogP contribution in [0, 0.1) is 6.92 Å². The highest BCUT2D eigenvalue weighted by Crippen LogP contribution is 2.41. The number of pyridine rings is 2. The normalized spacial score (nSPS) is 17.3. The molecule has 1 saturated carbocycles. The van der Waals surface area contributed by atoms with Crippen LogP contribution in [0.25, 0.3) is 0 Å². The predicted octanol–water partition coefficient (Wildman–Crippen LogP) is 4.17. The molecular formula is C18H21N5. The molecular weight excluding hydrogens is 286 g/mol. The van der Waals surface area contributed by atoms with Gasteiger partial charge in [-0.3, -0.25) is 4.98 Å². The summed E-state index contributed by atoms with van der Waals surface area (Å²) in [4.78, 5) is 11.0. The standard InChI is InChI=1S/C18H21N5/c1-12-7-8-19-10-15(12)22-18-9-17-16(11-20-18)21-13(2)23(17)14-5-3-4-6-14/h7-11,14,21H,2-6H2,1H3,(H,20,22). The first-order chi connectivity index (χ1) is 11.2. The van der Waals surface area contributed by atoms with Gasteiger partial charge < -0.3 is 15.5 Å². The molecule has 2 aliphatic rings. The SMILES string of the molecule is C=C1Nc2cnc(Nc3cnccc3C)cc2N1C1CCCC1. The molecule has 0 unspecified atom stereocenters. The van der Waals surface area contributed by atoms with E-state index in [1.807, 2.05) is 18.5 Å². The molecule has 118 valence electrons. The Morgan fingerprint density at radius 3 is 2.91 bits per heavy atom. The topological polar surface area (TPSA) is 53.1 Å². The molecule has 0 bridgehead atoms. The Morgan fingerprint density at radius 2 is 2.13 bits per heavy atom. The van der Waals surface area contributed by atoms with Crippen molar-refractivity contribution in [2.45, 2.75) is 38.6 Å². The van der Waals surface area contributed by atoms with Gasteiger partial charge in [0, 0.05) is 18.3 Å². The van der Waals surface area contributed by atoms with E-state index in [-0.39, 0.29) is 0 Å². The maximum Gasteiger partial charge on any atom is 0.132 e. The van der Waals surface area contributed by atoms with Crippen LogP contribution in [0.3, 0.4) is 0 Å². The van der Waals surface area contributed by atoms with Crippen molar-refractivity contribution in [3.05, 3.63) is 48.7 Å². The molecule has 0 radical (unpaired) electrons. The summed E-state index contributed by atoms with van der Waals surface area (Å²) >= 11 is 0. The summed E-state index contributed by atoms with van der Waals surface area (Å²) in [7, 11) is 0. The van der Waals surface area contributed by atoms with Crippen molar-refractivity contribution < 1.29 is 0 Å². The zero-order valence-electron chi connectivity index (χ0n) is 13.3. The summed E-state index contributed by atoms with van der Waals surface area (Å²) in [6.07, 6.45) is 10.6. The van der Waals surface area contributed by atoms with Crippen molar-refractivity contribution in [3.63, 3.8) is 0 Å². The molecule has 0 amide bonds. The minimum absolute atomic E-state index is 0.548. The van der Waals surface area contributed by atoms with Crippen LogP contribution in [0.5, 0.6) is 0 Å². The highest BCUT2D eigenvalue weighted by atomic mass is 15.3. The van der Waals surface area contributed by atoms with Gasteiger partial charge in [0.15, 0.2) is 0 Å². The van der Waals surface area contributed by atoms with Gasteiger partial charge in [0.25, 0.3) is 0 Å². The first-order valence-electron chi connectivity index (χ1n) is 8.15. The van der Waals surface area contributed by atoms with Gasteiger partial charge in [0.1, 0.15) is 11.6 Å². The third-order valence-electron chi connectivity index (χ3n) is 4.70. The zero-order chi connectivity index (χ0) is 15.8. The lowest BCUT2D eigenvalue weighted by molar-refractivity contribution is 0.665. The number of aromatic nitrogens is 2. The summed E-state index contributed by atoms with van der Waals surface area (Å²) in [6.45, 7) is 6.24. The van der Waals surface area contributed by atoms with Crippen molar-refractivity contribution in [1.29, 1.82) is 0 Å². The smallest absolute Gasteiger partial charge is 0.132 e. The van der Waals surface area contributed by atoms with Crippen LogP contribution < -0.4 is 15.5 Å². The number of nitrogens with zero attached hydrogens (tertiary/aromatic N) is 3. The zero-order valence-corrected chi connectivity index (χ0v) is 13.3. The van der Waals surface area contributed by atoms with E-state index in [2.05, 4.69) is 45.1 Å². The van der Waals surface area contributed by atoms with Crippen molar-refractivity contribution in [1.82, 2.24) is 9.97 Å². The molecule has 5 nitrogen and oxygen atoms in total. The monoisotopic (exact) mass is 307 g/mol. The molecule has 2 aromatic heterocycles. The lowest BCUT2D eigenvalue weighted by atomic mass is 10.2. The van der Waals surface area contributed by atoms with E-state index in [9.17, 15) is 0 Å². The molecule has 3 heterocycles. The predicted molar refractivity (Wildman–Crippen MR) is 94.0 cm³/mol. The van der Waals surface area contributed by atoms with Crippen LogP contribution in [0.15, 0.2) is 43.1 Å². The molecule has 0 spiro atoms. The molecule has 2 aromatic rings. The Kier molecular flexibility index (Phi) is 3.41. The largest absolute Gasteiger partial charge is 0.339 e. The van der Waals surface area contributed by atoms with E-state index in [1.165, 1.54) is 31.4 Å². The molecule has 1 fully saturated rings. The summed E-state index contributed by atoms with van der Waals surface area (Å²) in [5.74, 6) is 1.79. The Bertz CT molecular complexity index is 749. The average Bonchev–Trinajstić information content (AvgIpc) is 3.16. The van der Waals surface area contributed by atoms with Crippen molar-refractivity contribution in [2.75, 3.05) is 15.5 Å². The van der Waals surface area contributed by atoms with E-state index in [4.69, 9.17) is 0 Å². The molecule has 23 heavy (non-hydrogen) atoms. The van der Waals surface area contributed by atoms with Gasteiger partial charge in [0.2, 0.25) is 0 Å². The first-order valence-corrected chi connectivity index (χ1v) is 8.15. The van der Waals surface area contributed by atoms with Gasteiger partial charge in [-0.05, 0) is 31.4 Å². The highest BCUT2D eigenvalue weighted by Gasteiger charge is 2.31. The van der Waals surface area contributed by atoms with Crippen LogP contribution in [0.1, 0.15) is 31.2 Å². The molecule has 1 aliphatic heterocycles. The molecule has 0 aromatic carbocycles. The Balaban J connectivity index is 1.65. The van der Waals surface area contributed by atoms with Crippen LogP contribution in [-0.2, 0) is 0 Å². The fraction of sp³-hybridized carbons (Fsp3) is 0.333. The number of anilines is 4. The summed E-state index contributed by atoms with van der Waals surface area (Å²) in [5, 5.41) is 6.73. The molecule has 1 aliphatic carbocycles. The Morgan fingerprint density at radius 1 is 1.30 bits per heavy atom. The number of fused-ring (bicyclic) bond motifs is 1. The highest BCUT2D eigenvalue weighted by molar-refractivity contribution is 5.83. The number of nitrogens with one attached hydrogen (secondary N) is 2. The summed E-state index contributed by atoms with van der Waals surface area (Å²) < 4.78 is 0. The molecule has 4 rings (SSSR count). The average molecular weight is 307 g/mol. The number of aryl methyl sites for hydroxylation is 1. The van der Waals surface area contributed by atoms with Gasteiger partial charge in [0.05, 0.1) is 29.5 Å². The second kappa shape index (κ2) is 5.57. The lowest BCUT2D eigenvalue weighted by Gasteiger charge is -2.26. The maximum atomic E-state index is 4.51. The molecule has 0 atom stereocenters. The van der Waals surface area contributed by atoms with E-state index in [0.717, 1.165) is 28.6 Å². The lowest BCUT2D eigenvalue weighted by Crippen LogP contribution is -2.30. The van der Waals surface area contributed by atoms with E-state index >= 15 is 0 Å². The van der Waals surface area contributed by atoms with Crippen molar-refractivity contribution in [3.8, 4) is 0 Å². The maximum absolute atomic E-state index is 4.51. The third kappa shape index (κ3) is 2.52. The minimum Gasteiger partial charge on any atom is -0.339 e. The fourth-order valence-electron chi connectivity index (χ4n) is 3.48. The molecule has 5 heteroatoms. The second-order valence-corrected chi connectivity index (χ2v) is 6.28. The third-order valence-corrected chi connectivity index (χ3v) is 4.70. The van der Waals surface area contributed by atoms with E-state index in [1.54, 1.807) is 6.20 Å². The van der Waals surface area contributed by atoms with Gasteiger partial charge in [-0.2, -0.15) is 0 Å². The Hall–Kier alpha value is -2.56. The minimum atomic E-state index is 0.548. The van der Waals surface area contributed by atoms with Crippen molar-refractivity contribution >= 4 is 22.9 Å². The van der Waals surface area contributed by atoms with Crippen LogP contribution >= 0.6 is 0 Å². The number of rotatable bonds is 3. The summed E-state index contributed by atoms with van der Waals surface area (Å²) in [5.41, 5.74) is 4.34. The quantitative estimate of drug-likeness (QED) is 0.891. The number of hydrogen-bond acceptors (Lipinski definition) is 5.